The number of piperazine rings is 1. The van der Waals surface area contributed by atoms with Crippen LogP contribution >= 0.6 is 0 Å². The Kier molecular flexibility index (Phi) is 5.86. The van der Waals surface area contributed by atoms with Crippen LogP contribution in [0.4, 0.5) is 5.69 Å². The summed E-state index contributed by atoms with van der Waals surface area (Å²) in [7, 11) is 0. The van der Waals surface area contributed by atoms with E-state index < -0.39 is 6.10 Å². The molecule has 24 heavy (non-hydrogen) atoms. The van der Waals surface area contributed by atoms with Crippen molar-refractivity contribution in [3.63, 3.8) is 0 Å². The predicted octanol–water partition coefficient (Wildman–Crippen LogP) is -0.150. The van der Waals surface area contributed by atoms with Crippen LogP contribution < -0.4 is 14.5 Å². The number of nitrogens with one attached hydrogen (secondary N) is 2. The van der Waals surface area contributed by atoms with Crippen molar-refractivity contribution in [2.45, 2.75) is 13.0 Å². The van der Waals surface area contributed by atoms with Crippen LogP contribution in [0.5, 0.6) is 5.75 Å². The van der Waals surface area contributed by atoms with E-state index in [0.29, 0.717) is 6.61 Å². The van der Waals surface area contributed by atoms with Crippen molar-refractivity contribution in [3.8, 4) is 5.75 Å². The van der Waals surface area contributed by atoms with Crippen LogP contribution in [0, 0.1) is 6.92 Å². The van der Waals surface area contributed by atoms with Gasteiger partial charge in [0.15, 0.2) is 0 Å². The van der Waals surface area contributed by atoms with E-state index in [0.717, 1.165) is 38.5 Å². The molecule has 1 saturated heterocycles. The summed E-state index contributed by atoms with van der Waals surface area (Å²) in [6.07, 6.45) is -0.418. The van der Waals surface area contributed by atoms with Crippen LogP contribution in [-0.2, 0) is 0 Å². The minimum Gasteiger partial charge on any atom is -0.491 e. The molecule has 1 heterocycles. The highest BCUT2D eigenvalue weighted by Crippen LogP contribution is 2.12. The summed E-state index contributed by atoms with van der Waals surface area (Å²) < 4.78 is 5.71. The maximum atomic E-state index is 10.3. The molecule has 0 aromatic heterocycles. The fourth-order valence-corrected chi connectivity index (χ4v) is 3.36. The van der Waals surface area contributed by atoms with Gasteiger partial charge in [-0.1, -0.05) is 30.3 Å². The van der Waals surface area contributed by atoms with Gasteiger partial charge < -0.3 is 14.7 Å². The Balaban J connectivity index is 1.41. The molecule has 0 unspecified atom stereocenters. The molecule has 3 N–H and O–H groups in total. The predicted molar refractivity (Wildman–Crippen MR) is 95.0 cm³/mol. The van der Waals surface area contributed by atoms with E-state index in [-0.39, 0.29) is 0 Å². The summed E-state index contributed by atoms with van der Waals surface area (Å²) in [5, 5.41) is 10.3. The molecule has 0 spiro atoms. The molecule has 1 fully saturated rings. The second kappa shape index (κ2) is 8.29. The van der Waals surface area contributed by atoms with Crippen molar-refractivity contribution in [1.82, 2.24) is 0 Å². The lowest BCUT2D eigenvalue weighted by Crippen LogP contribution is -3.26. The molecule has 0 amide bonds. The average Bonchev–Trinajstić information content (AvgIpc) is 2.61. The summed E-state index contributed by atoms with van der Waals surface area (Å²) in [5.41, 5.74) is 2.55. The number of para-hydroxylation sites is 1. The molecule has 0 bridgehead atoms. The van der Waals surface area contributed by atoms with E-state index in [2.05, 4.69) is 30.3 Å². The zero-order valence-electron chi connectivity index (χ0n) is 14.4. The standard InChI is InChI=1S/C20H26N2O2/c1-17-6-5-9-20(14-17)24-16-19(23)15-21-10-12-22(13-11-21)18-7-3-2-4-8-18/h2-9,14,19,23H,10-13,15-16H2,1H3/p+2/t19-/m0/s1. The Morgan fingerprint density at radius 1 is 1.00 bits per heavy atom. The van der Waals surface area contributed by atoms with E-state index in [1.807, 2.05) is 31.2 Å². The maximum absolute atomic E-state index is 10.3. The number of aliphatic hydroxyl groups is 1. The normalized spacial score (nSPS) is 22.1. The third kappa shape index (κ3) is 4.81. The van der Waals surface area contributed by atoms with E-state index in [1.54, 1.807) is 4.90 Å². The van der Waals surface area contributed by atoms with Crippen LogP contribution in [0.2, 0.25) is 0 Å². The summed E-state index contributed by atoms with van der Waals surface area (Å²) >= 11 is 0. The lowest BCUT2D eigenvalue weighted by atomic mass is 10.2. The van der Waals surface area contributed by atoms with Crippen molar-refractivity contribution in [2.75, 3.05) is 39.3 Å². The van der Waals surface area contributed by atoms with Crippen LogP contribution in [-0.4, -0.2) is 50.5 Å². The van der Waals surface area contributed by atoms with Gasteiger partial charge in [-0.15, -0.1) is 0 Å². The molecule has 0 saturated carbocycles. The zero-order chi connectivity index (χ0) is 16.8. The monoisotopic (exact) mass is 328 g/mol. The molecule has 0 aliphatic carbocycles. The average molecular weight is 328 g/mol. The highest BCUT2D eigenvalue weighted by atomic mass is 16.5. The van der Waals surface area contributed by atoms with Crippen LogP contribution in [0.1, 0.15) is 5.56 Å². The molecule has 1 aliphatic heterocycles. The Bertz CT molecular complexity index is 625. The van der Waals surface area contributed by atoms with Crippen molar-refractivity contribution in [2.24, 2.45) is 0 Å². The Morgan fingerprint density at radius 2 is 1.75 bits per heavy atom. The van der Waals surface area contributed by atoms with Crippen LogP contribution in [0.3, 0.4) is 0 Å². The molecule has 0 radical (unpaired) electrons. The fraction of sp³-hybridized carbons (Fsp3) is 0.400. The quantitative estimate of drug-likeness (QED) is 0.690. The number of aryl methyl sites for hydroxylation is 1. The van der Waals surface area contributed by atoms with Gasteiger partial charge in [-0.3, -0.25) is 4.90 Å². The van der Waals surface area contributed by atoms with Gasteiger partial charge in [0.05, 0.1) is 0 Å². The number of benzene rings is 2. The van der Waals surface area contributed by atoms with Gasteiger partial charge >= 0.3 is 0 Å². The first kappa shape index (κ1) is 17.0. The van der Waals surface area contributed by atoms with Crippen LogP contribution in [0.25, 0.3) is 0 Å². The Hall–Kier alpha value is -1.88. The van der Waals surface area contributed by atoms with E-state index in [4.69, 9.17) is 4.74 Å². The molecule has 2 aromatic carbocycles. The van der Waals surface area contributed by atoms with E-state index in [1.165, 1.54) is 16.2 Å². The first-order chi connectivity index (χ1) is 11.7. The maximum Gasteiger partial charge on any atom is 0.137 e. The molecular weight excluding hydrogens is 300 g/mol. The minimum absolute atomic E-state index is 0.363. The largest absolute Gasteiger partial charge is 0.491 e. The third-order valence-corrected chi connectivity index (χ3v) is 4.70. The number of ether oxygens (including phenoxy) is 1. The van der Waals surface area contributed by atoms with Gasteiger partial charge in [0.25, 0.3) is 0 Å². The molecule has 1 aliphatic rings. The highest BCUT2D eigenvalue weighted by Gasteiger charge is 2.26. The first-order valence-electron chi connectivity index (χ1n) is 8.82. The Labute approximate surface area is 144 Å². The van der Waals surface area contributed by atoms with Crippen LogP contribution in [0.15, 0.2) is 54.6 Å². The molecule has 4 nitrogen and oxygen atoms in total. The number of quaternary nitrogens is 2. The second-order valence-electron chi connectivity index (χ2n) is 6.71. The summed E-state index contributed by atoms with van der Waals surface area (Å²) in [6, 6.07) is 18.6. The number of hydrogen-bond acceptors (Lipinski definition) is 2. The van der Waals surface area contributed by atoms with Crippen molar-refractivity contribution in [1.29, 1.82) is 0 Å². The minimum atomic E-state index is -0.418. The topological polar surface area (TPSA) is 38.3 Å². The van der Waals surface area contributed by atoms with Gasteiger partial charge in [0, 0.05) is 0 Å². The molecule has 1 atom stereocenters. The SMILES string of the molecule is Cc1cccc(OC[C@@H](O)C[NH+]2CC[NH+](c3ccccc3)CC2)c1. The highest BCUT2D eigenvalue weighted by molar-refractivity contribution is 5.28. The molecule has 128 valence electrons. The van der Waals surface area contributed by atoms with Crippen molar-refractivity contribution >= 4 is 5.69 Å². The fourth-order valence-electron chi connectivity index (χ4n) is 3.36. The number of rotatable bonds is 6. The van der Waals surface area contributed by atoms with Gasteiger partial charge in [-0.05, 0) is 36.8 Å². The Morgan fingerprint density at radius 3 is 2.46 bits per heavy atom. The van der Waals surface area contributed by atoms with Gasteiger partial charge in [-0.25, -0.2) is 0 Å². The molecule has 3 rings (SSSR count). The molecular formula is C20H28N2O2+2. The second-order valence-corrected chi connectivity index (χ2v) is 6.71. The summed E-state index contributed by atoms with van der Waals surface area (Å²) in [4.78, 5) is 3.01. The number of aliphatic hydroxyl groups excluding tert-OH is 1. The lowest BCUT2D eigenvalue weighted by Gasteiger charge is -2.30. The third-order valence-electron chi connectivity index (χ3n) is 4.70. The lowest BCUT2D eigenvalue weighted by molar-refractivity contribution is -0.988. The number of hydrogen-bond donors (Lipinski definition) is 3. The van der Waals surface area contributed by atoms with E-state index in [9.17, 15) is 5.11 Å². The molecule has 4 heteroatoms. The van der Waals surface area contributed by atoms with Crippen molar-refractivity contribution in [3.05, 3.63) is 60.2 Å². The first-order valence-corrected chi connectivity index (χ1v) is 8.82. The van der Waals surface area contributed by atoms with Crippen molar-refractivity contribution < 1.29 is 19.6 Å². The van der Waals surface area contributed by atoms with E-state index >= 15 is 0 Å². The summed E-state index contributed by atoms with van der Waals surface area (Å²) in [6.45, 7) is 7.57. The van der Waals surface area contributed by atoms with Gasteiger partial charge in [-0.2, -0.15) is 0 Å². The molecule has 2 aromatic rings. The zero-order valence-corrected chi connectivity index (χ0v) is 14.4. The smallest absolute Gasteiger partial charge is 0.137 e. The van der Waals surface area contributed by atoms with Gasteiger partial charge in [0.1, 0.15) is 56.9 Å². The summed E-state index contributed by atoms with van der Waals surface area (Å²) in [5.74, 6) is 0.836. The van der Waals surface area contributed by atoms with Gasteiger partial charge in [0.2, 0.25) is 0 Å².